The molecule has 1 aromatic heterocycles. The third kappa shape index (κ3) is 4.89. The van der Waals surface area contributed by atoms with Gasteiger partial charge in [0.15, 0.2) is 0 Å². The van der Waals surface area contributed by atoms with E-state index in [0.717, 1.165) is 11.0 Å². The number of urea groups is 1. The minimum atomic E-state index is -2.61. The zero-order valence-corrected chi connectivity index (χ0v) is 13.5. The Morgan fingerprint density at radius 1 is 1.52 bits per heavy atom. The van der Waals surface area contributed by atoms with Crippen LogP contribution in [0.5, 0.6) is 0 Å². The Bertz CT molecular complexity index is 507. The second kappa shape index (κ2) is 8.24. The molecule has 8 heteroatoms. The van der Waals surface area contributed by atoms with Crippen molar-refractivity contribution >= 4 is 6.03 Å². The Morgan fingerprint density at radius 3 is 3.00 bits per heavy atom. The highest BCUT2D eigenvalue weighted by molar-refractivity contribution is 5.74. The molecule has 1 aliphatic rings. The van der Waals surface area contributed by atoms with Gasteiger partial charge in [-0.1, -0.05) is 13.8 Å². The van der Waals surface area contributed by atoms with Gasteiger partial charge in [0, 0.05) is 31.9 Å². The Morgan fingerprint density at radius 2 is 2.30 bits per heavy atom. The van der Waals surface area contributed by atoms with E-state index in [2.05, 4.69) is 24.1 Å². The van der Waals surface area contributed by atoms with E-state index in [9.17, 15) is 13.6 Å². The van der Waals surface area contributed by atoms with Crippen LogP contribution in [-0.4, -0.2) is 52.8 Å². The average molecular weight is 330 g/mol. The van der Waals surface area contributed by atoms with Crippen molar-refractivity contribution in [3.05, 3.63) is 18.2 Å². The van der Waals surface area contributed by atoms with Crippen LogP contribution >= 0.6 is 0 Å². The first-order chi connectivity index (χ1) is 11.0. The van der Waals surface area contributed by atoms with E-state index < -0.39 is 6.55 Å². The maximum atomic E-state index is 12.7. The van der Waals surface area contributed by atoms with E-state index in [-0.39, 0.29) is 30.9 Å². The first-order valence-corrected chi connectivity index (χ1v) is 7.91. The molecule has 2 rings (SSSR count). The fraction of sp³-hybridized carbons (Fsp3) is 0.733. The molecule has 1 aliphatic heterocycles. The first kappa shape index (κ1) is 17.7. The number of nitrogens with one attached hydrogen (secondary N) is 1. The summed E-state index contributed by atoms with van der Waals surface area (Å²) < 4.78 is 31.7. The molecular weight excluding hydrogens is 306 g/mol. The van der Waals surface area contributed by atoms with Crippen LogP contribution in [0.1, 0.15) is 32.6 Å². The zero-order chi connectivity index (χ0) is 16.8. The second-order valence-corrected chi connectivity index (χ2v) is 6.06. The topological polar surface area (TPSA) is 59.4 Å². The van der Waals surface area contributed by atoms with E-state index >= 15 is 0 Å². The molecule has 0 aliphatic carbocycles. The molecule has 6 nitrogen and oxygen atoms in total. The lowest BCUT2D eigenvalue weighted by molar-refractivity contribution is 0.00562. The van der Waals surface area contributed by atoms with Crippen molar-refractivity contribution < 1.29 is 18.3 Å². The largest absolute Gasteiger partial charge is 0.377 e. The maximum absolute atomic E-state index is 12.7. The van der Waals surface area contributed by atoms with Crippen molar-refractivity contribution in [2.75, 3.05) is 26.3 Å². The lowest BCUT2D eigenvalue weighted by atomic mass is 10.0. The van der Waals surface area contributed by atoms with Gasteiger partial charge in [0.05, 0.1) is 19.3 Å². The molecule has 1 saturated heterocycles. The minimum absolute atomic E-state index is 0.0619. The van der Waals surface area contributed by atoms with Crippen LogP contribution in [0.3, 0.4) is 0 Å². The summed E-state index contributed by atoms with van der Waals surface area (Å²) in [6.07, 6.45) is 3.72. The predicted molar refractivity (Wildman–Crippen MR) is 81.4 cm³/mol. The number of carbonyl (C=O) groups is 1. The molecule has 130 valence electrons. The summed E-state index contributed by atoms with van der Waals surface area (Å²) in [5, 5.41) is 2.79. The molecular formula is C15H24F2N4O2. The standard InChI is InChI=1S/C15H24F2N4O2/c1-11(2)9-12-10-23-8-7-20(12)15(22)19-4-3-13-18-5-6-21(13)14(16)17/h5-6,11-12,14H,3-4,7-10H2,1-2H3,(H,19,22)/t12-/m1/s1. The number of morpholine rings is 1. The number of aromatic nitrogens is 2. The molecule has 1 N–H and O–H groups in total. The van der Waals surface area contributed by atoms with Gasteiger partial charge in [-0.2, -0.15) is 8.78 Å². The molecule has 0 radical (unpaired) electrons. The van der Waals surface area contributed by atoms with E-state index in [1.807, 2.05) is 0 Å². The van der Waals surface area contributed by atoms with Gasteiger partial charge >= 0.3 is 12.6 Å². The number of ether oxygens (including phenoxy) is 1. The van der Waals surface area contributed by atoms with Crippen LogP contribution in [0.4, 0.5) is 13.6 Å². The van der Waals surface area contributed by atoms with Crippen molar-refractivity contribution in [3.8, 4) is 0 Å². The molecule has 1 atom stereocenters. The Balaban J connectivity index is 1.84. The van der Waals surface area contributed by atoms with Gasteiger partial charge in [-0.25, -0.2) is 9.78 Å². The van der Waals surface area contributed by atoms with Crippen LogP contribution in [0.25, 0.3) is 0 Å². The first-order valence-electron chi connectivity index (χ1n) is 7.91. The lowest BCUT2D eigenvalue weighted by Gasteiger charge is -2.36. The normalized spacial score (nSPS) is 18.7. The van der Waals surface area contributed by atoms with Crippen molar-refractivity contribution in [2.24, 2.45) is 5.92 Å². The molecule has 2 amide bonds. The third-order valence-corrected chi connectivity index (χ3v) is 3.82. The van der Waals surface area contributed by atoms with Gasteiger partial charge in [0.2, 0.25) is 0 Å². The highest BCUT2D eigenvalue weighted by Gasteiger charge is 2.27. The molecule has 0 aromatic carbocycles. The highest BCUT2D eigenvalue weighted by Crippen LogP contribution is 2.16. The van der Waals surface area contributed by atoms with E-state index in [4.69, 9.17) is 4.74 Å². The van der Waals surface area contributed by atoms with Gasteiger partial charge in [-0.05, 0) is 12.3 Å². The third-order valence-electron chi connectivity index (χ3n) is 3.82. The molecule has 0 unspecified atom stereocenters. The van der Waals surface area contributed by atoms with Crippen LogP contribution in [0.15, 0.2) is 12.4 Å². The van der Waals surface area contributed by atoms with E-state index in [0.29, 0.717) is 25.7 Å². The molecule has 1 fully saturated rings. The second-order valence-electron chi connectivity index (χ2n) is 6.06. The van der Waals surface area contributed by atoms with Gasteiger partial charge in [0.1, 0.15) is 5.82 Å². The van der Waals surface area contributed by atoms with Crippen LogP contribution < -0.4 is 5.32 Å². The summed E-state index contributed by atoms with van der Waals surface area (Å²) in [7, 11) is 0. The summed E-state index contributed by atoms with van der Waals surface area (Å²) in [5.41, 5.74) is 0. The number of alkyl halides is 2. The smallest absolute Gasteiger partial charge is 0.319 e. The molecule has 0 spiro atoms. The fourth-order valence-corrected chi connectivity index (χ4v) is 2.76. The number of amides is 2. The number of nitrogens with zero attached hydrogens (tertiary/aromatic N) is 3. The monoisotopic (exact) mass is 330 g/mol. The molecule has 2 heterocycles. The number of rotatable bonds is 6. The Hall–Kier alpha value is -1.70. The van der Waals surface area contributed by atoms with Gasteiger partial charge in [-0.3, -0.25) is 4.57 Å². The number of halogens is 2. The van der Waals surface area contributed by atoms with Crippen molar-refractivity contribution in [1.29, 1.82) is 0 Å². The summed E-state index contributed by atoms with van der Waals surface area (Å²) in [4.78, 5) is 18.0. The SMILES string of the molecule is CC(C)C[C@@H]1COCCN1C(=O)NCCc1nccn1C(F)F. The minimum Gasteiger partial charge on any atom is -0.377 e. The summed E-state index contributed by atoms with van der Waals surface area (Å²) in [5.74, 6) is 0.733. The highest BCUT2D eigenvalue weighted by atomic mass is 19.3. The van der Waals surface area contributed by atoms with Crippen LogP contribution in [0, 0.1) is 5.92 Å². The Kier molecular flexibility index (Phi) is 6.32. The fourth-order valence-electron chi connectivity index (χ4n) is 2.76. The van der Waals surface area contributed by atoms with Gasteiger partial charge in [-0.15, -0.1) is 0 Å². The van der Waals surface area contributed by atoms with Gasteiger partial charge in [0.25, 0.3) is 0 Å². The summed E-state index contributed by atoms with van der Waals surface area (Å²) in [6, 6.07) is -0.110. The molecule has 23 heavy (non-hydrogen) atoms. The van der Waals surface area contributed by atoms with Crippen LogP contribution in [-0.2, 0) is 11.2 Å². The number of imidazole rings is 1. The molecule has 0 saturated carbocycles. The summed E-state index contributed by atoms with van der Waals surface area (Å²) in [6.45, 7) is 3.49. The van der Waals surface area contributed by atoms with Crippen LogP contribution in [0.2, 0.25) is 0 Å². The number of carbonyl (C=O) groups excluding carboxylic acids is 1. The lowest BCUT2D eigenvalue weighted by Crippen LogP contribution is -2.53. The zero-order valence-electron chi connectivity index (χ0n) is 13.5. The van der Waals surface area contributed by atoms with E-state index in [1.165, 1.54) is 12.4 Å². The number of hydrogen-bond donors (Lipinski definition) is 1. The molecule has 0 bridgehead atoms. The predicted octanol–water partition coefficient (Wildman–Crippen LogP) is 2.28. The summed E-state index contributed by atoms with van der Waals surface area (Å²) >= 11 is 0. The van der Waals surface area contributed by atoms with Crippen molar-refractivity contribution in [1.82, 2.24) is 19.8 Å². The van der Waals surface area contributed by atoms with Crippen molar-refractivity contribution in [2.45, 2.75) is 39.3 Å². The quantitative estimate of drug-likeness (QED) is 0.870. The molecule has 1 aromatic rings. The maximum Gasteiger partial charge on any atom is 0.319 e. The Labute approximate surface area is 134 Å². The van der Waals surface area contributed by atoms with Crippen molar-refractivity contribution in [3.63, 3.8) is 0 Å². The van der Waals surface area contributed by atoms with E-state index in [1.54, 1.807) is 4.90 Å². The number of hydrogen-bond acceptors (Lipinski definition) is 3. The van der Waals surface area contributed by atoms with Gasteiger partial charge < -0.3 is 15.0 Å². The average Bonchev–Trinajstić information content (AvgIpc) is 2.95.